The number of amides is 1. The predicted molar refractivity (Wildman–Crippen MR) is 82.7 cm³/mol. The summed E-state index contributed by atoms with van der Waals surface area (Å²) in [6.07, 6.45) is -0.572. The lowest BCUT2D eigenvalue weighted by atomic mass is 9.87. The molecule has 0 aromatic rings. The Labute approximate surface area is 137 Å². The number of hydrogen-bond donors (Lipinski definition) is 8. The summed E-state index contributed by atoms with van der Waals surface area (Å²) in [7, 11) is 0. The third kappa shape index (κ3) is 2.30. The molecular weight excluding hydrogens is 320 g/mol. The molecule has 24 heavy (non-hydrogen) atoms. The molecule has 0 aliphatic carbocycles. The highest BCUT2D eigenvalue weighted by atomic mass is 16.5. The fourth-order valence-electron chi connectivity index (χ4n) is 3.52. The summed E-state index contributed by atoms with van der Waals surface area (Å²) in [5.74, 6) is -1.81. The molecule has 11 N–H and O–H groups in total. The zero-order valence-electron chi connectivity index (χ0n) is 13.0. The van der Waals surface area contributed by atoms with Crippen LogP contribution in [0.5, 0.6) is 0 Å². The molecular formula is C12H23N8O4+. The molecule has 3 atom stereocenters. The average Bonchev–Trinajstić information content (AvgIpc) is 3.00. The van der Waals surface area contributed by atoms with Gasteiger partial charge in [-0.05, 0) is 0 Å². The summed E-state index contributed by atoms with van der Waals surface area (Å²) < 4.78 is 6.72. The minimum absolute atomic E-state index is 0.0617. The van der Waals surface area contributed by atoms with Crippen LogP contribution in [0.3, 0.4) is 0 Å². The molecule has 1 amide bonds. The average molecular weight is 343 g/mol. The van der Waals surface area contributed by atoms with E-state index in [1.807, 2.05) is 0 Å². The van der Waals surface area contributed by atoms with E-state index in [4.69, 9.17) is 21.9 Å². The Balaban J connectivity index is 1.82. The molecule has 134 valence electrons. The zero-order chi connectivity index (χ0) is 17.5. The van der Waals surface area contributed by atoms with E-state index < -0.39 is 29.6 Å². The molecule has 0 aromatic carbocycles. The van der Waals surface area contributed by atoms with Crippen LogP contribution in [0, 0.1) is 0 Å². The summed E-state index contributed by atoms with van der Waals surface area (Å²) in [4.78, 5) is 15.9. The quantitative estimate of drug-likeness (QED) is 0.182. The standard InChI is InChI=1S/C12H22N8O4/c13-2-3-16-10(21)24-5-6-7-12(19-8(14)18-7)11(22,23)1-4-20(12)9(15)17-6/h6-7,22-23H,1-5,13H2,(H6,14,15,16,17,18,19,21)/p+1/t6?,7-,12-/m0/s1. The van der Waals surface area contributed by atoms with Crippen LogP contribution in [-0.4, -0.2) is 82.6 Å². The number of rotatable bonds is 4. The SMILES string of the molecule is NCCNC(=O)OCC1NC(N)=[N+]2CCC(O)(O)[C@@]23NC(N)=N[C@@H]13. The van der Waals surface area contributed by atoms with Gasteiger partial charge in [-0.3, -0.25) is 11.1 Å². The van der Waals surface area contributed by atoms with Gasteiger partial charge in [0, 0.05) is 19.5 Å². The number of guanidine groups is 2. The Morgan fingerprint density at radius 2 is 2.25 bits per heavy atom. The van der Waals surface area contributed by atoms with Crippen LogP contribution >= 0.6 is 0 Å². The van der Waals surface area contributed by atoms with Gasteiger partial charge in [0.2, 0.25) is 11.4 Å². The van der Waals surface area contributed by atoms with Crippen LogP contribution in [0.4, 0.5) is 4.79 Å². The summed E-state index contributed by atoms with van der Waals surface area (Å²) in [5, 5.41) is 29.3. The number of alkyl carbamates (subject to hydrolysis) is 1. The second kappa shape index (κ2) is 5.65. The van der Waals surface area contributed by atoms with E-state index in [2.05, 4.69) is 20.9 Å². The number of aliphatic imine (C=N–C) groups is 1. The first-order valence-electron chi connectivity index (χ1n) is 7.65. The molecule has 0 aromatic heterocycles. The van der Waals surface area contributed by atoms with E-state index in [1.54, 1.807) is 4.58 Å². The van der Waals surface area contributed by atoms with Gasteiger partial charge < -0.3 is 37.1 Å². The van der Waals surface area contributed by atoms with Gasteiger partial charge in [0.25, 0.3) is 0 Å². The predicted octanol–water partition coefficient (Wildman–Crippen LogP) is -4.96. The molecule has 3 aliphatic rings. The molecule has 1 saturated heterocycles. The molecule has 12 nitrogen and oxygen atoms in total. The summed E-state index contributed by atoms with van der Waals surface area (Å²) in [5.41, 5.74) is 15.7. The summed E-state index contributed by atoms with van der Waals surface area (Å²) in [6, 6.07) is -1.31. The van der Waals surface area contributed by atoms with E-state index in [1.165, 1.54) is 0 Å². The van der Waals surface area contributed by atoms with Crippen LogP contribution < -0.4 is 33.2 Å². The monoisotopic (exact) mass is 343 g/mol. The molecule has 3 aliphatic heterocycles. The van der Waals surface area contributed by atoms with E-state index in [0.29, 0.717) is 13.1 Å². The molecule has 0 bridgehead atoms. The topological polar surface area (TPSA) is 196 Å². The molecule has 1 fully saturated rings. The number of carbonyl (C=O) groups excluding carboxylic acids is 1. The lowest BCUT2D eigenvalue weighted by Gasteiger charge is -2.42. The van der Waals surface area contributed by atoms with Crippen molar-refractivity contribution in [3.8, 4) is 0 Å². The molecule has 3 heterocycles. The van der Waals surface area contributed by atoms with Gasteiger partial charge in [0.15, 0.2) is 12.0 Å². The van der Waals surface area contributed by atoms with Crippen molar-refractivity contribution in [2.45, 2.75) is 30.0 Å². The normalized spacial score (nSPS) is 33.0. The third-order valence-electron chi connectivity index (χ3n) is 4.56. The second-order valence-corrected chi connectivity index (χ2v) is 6.02. The van der Waals surface area contributed by atoms with Gasteiger partial charge in [0.05, 0.1) is 6.54 Å². The smallest absolute Gasteiger partial charge is 0.407 e. The van der Waals surface area contributed by atoms with Crippen LogP contribution in [0.2, 0.25) is 0 Å². The summed E-state index contributed by atoms with van der Waals surface area (Å²) >= 11 is 0. The van der Waals surface area contributed by atoms with Gasteiger partial charge in [-0.1, -0.05) is 0 Å². The van der Waals surface area contributed by atoms with Gasteiger partial charge in [-0.2, -0.15) is 0 Å². The van der Waals surface area contributed by atoms with Gasteiger partial charge >= 0.3 is 12.1 Å². The first-order chi connectivity index (χ1) is 11.3. The van der Waals surface area contributed by atoms with Crippen molar-refractivity contribution in [1.29, 1.82) is 0 Å². The Morgan fingerprint density at radius 1 is 1.50 bits per heavy atom. The lowest BCUT2D eigenvalue weighted by Crippen LogP contribution is -2.77. The lowest BCUT2D eigenvalue weighted by molar-refractivity contribution is -0.623. The van der Waals surface area contributed by atoms with E-state index in [0.717, 1.165) is 0 Å². The van der Waals surface area contributed by atoms with Crippen molar-refractivity contribution in [2.24, 2.45) is 22.2 Å². The first kappa shape index (κ1) is 16.5. The highest BCUT2D eigenvalue weighted by Gasteiger charge is 2.71. The second-order valence-electron chi connectivity index (χ2n) is 6.02. The molecule has 0 radical (unpaired) electrons. The zero-order valence-corrected chi connectivity index (χ0v) is 13.0. The molecule has 1 spiro atoms. The number of nitrogens with two attached hydrogens (primary N) is 3. The van der Waals surface area contributed by atoms with E-state index in [9.17, 15) is 15.0 Å². The summed E-state index contributed by atoms with van der Waals surface area (Å²) in [6.45, 7) is 0.796. The van der Waals surface area contributed by atoms with Gasteiger partial charge in [-0.25, -0.2) is 14.4 Å². The maximum Gasteiger partial charge on any atom is 0.407 e. The van der Waals surface area contributed by atoms with E-state index in [-0.39, 0.29) is 31.5 Å². The highest BCUT2D eigenvalue weighted by Crippen LogP contribution is 2.40. The van der Waals surface area contributed by atoms with Crippen molar-refractivity contribution < 1.29 is 24.3 Å². The van der Waals surface area contributed by atoms with Crippen molar-refractivity contribution in [3.63, 3.8) is 0 Å². The van der Waals surface area contributed by atoms with Crippen molar-refractivity contribution >= 4 is 18.0 Å². The van der Waals surface area contributed by atoms with Crippen LogP contribution in [0.15, 0.2) is 4.99 Å². The minimum Gasteiger partial charge on any atom is -0.446 e. The largest absolute Gasteiger partial charge is 0.446 e. The van der Waals surface area contributed by atoms with Crippen molar-refractivity contribution in [2.75, 3.05) is 26.2 Å². The van der Waals surface area contributed by atoms with Crippen molar-refractivity contribution in [1.82, 2.24) is 16.0 Å². The Hall–Kier alpha value is -2.31. The molecule has 0 saturated carbocycles. The number of carbonyl (C=O) groups is 1. The maximum atomic E-state index is 11.6. The number of hydrogen-bond acceptors (Lipinski definition) is 10. The molecule has 1 unspecified atom stereocenters. The van der Waals surface area contributed by atoms with Gasteiger partial charge in [-0.15, -0.1) is 0 Å². The molecule has 3 rings (SSSR count). The number of nitrogens with one attached hydrogen (secondary N) is 3. The molecule has 12 heteroatoms. The maximum absolute atomic E-state index is 11.6. The van der Waals surface area contributed by atoms with Crippen LogP contribution in [0.25, 0.3) is 0 Å². The Morgan fingerprint density at radius 3 is 2.96 bits per heavy atom. The van der Waals surface area contributed by atoms with Crippen LogP contribution in [0.1, 0.15) is 6.42 Å². The Kier molecular flexibility index (Phi) is 3.89. The first-order valence-corrected chi connectivity index (χ1v) is 7.65. The number of ether oxygens (including phenoxy) is 1. The third-order valence-corrected chi connectivity index (χ3v) is 4.56. The fraction of sp³-hybridized carbons (Fsp3) is 0.750. The van der Waals surface area contributed by atoms with Crippen molar-refractivity contribution in [3.05, 3.63) is 0 Å². The Bertz CT molecular complexity index is 606. The number of aliphatic hydroxyl groups is 2. The fourth-order valence-corrected chi connectivity index (χ4v) is 3.52. The van der Waals surface area contributed by atoms with Gasteiger partial charge in [0.1, 0.15) is 12.6 Å². The highest BCUT2D eigenvalue weighted by molar-refractivity contribution is 5.83. The van der Waals surface area contributed by atoms with E-state index >= 15 is 0 Å². The minimum atomic E-state index is -2.10. The van der Waals surface area contributed by atoms with Crippen LogP contribution in [-0.2, 0) is 4.74 Å². The number of nitrogens with zero attached hydrogens (tertiary/aromatic N) is 2.